The van der Waals surface area contributed by atoms with Crippen LogP contribution in [0.1, 0.15) is 0 Å². The van der Waals surface area contributed by atoms with Crippen LogP contribution in [0.15, 0.2) is 50.0 Å². The summed E-state index contributed by atoms with van der Waals surface area (Å²) < 4.78 is 21.6. The van der Waals surface area contributed by atoms with Gasteiger partial charge in [-0.3, -0.25) is 0 Å². The van der Waals surface area contributed by atoms with Crippen LogP contribution in [0.25, 0.3) is 32.9 Å². The molecule has 0 saturated heterocycles. The second-order valence-corrected chi connectivity index (χ2v) is 4.92. The molecule has 2 aromatic heterocycles. The van der Waals surface area contributed by atoms with E-state index in [1.807, 2.05) is 6.07 Å². The minimum absolute atomic E-state index is 0.431. The number of ether oxygens (including phenoxy) is 2. The standard InChI is InChI=1S/C17H12O5/c1-19-9-3-5-11-13(7-9)21-16-12-6-4-10(20-2)8-14(12)22-17(18)15(11)16/h3-8H,1-2H3. The van der Waals surface area contributed by atoms with E-state index in [4.69, 9.17) is 18.3 Å². The Kier molecular flexibility index (Phi) is 2.63. The molecule has 110 valence electrons. The first-order valence-electron chi connectivity index (χ1n) is 6.72. The summed E-state index contributed by atoms with van der Waals surface area (Å²) in [5, 5.41) is 1.88. The van der Waals surface area contributed by atoms with Crippen LogP contribution in [0.3, 0.4) is 0 Å². The average Bonchev–Trinajstić information content (AvgIpc) is 2.93. The van der Waals surface area contributed by atoms with Gasteiger partial charge in [0.25, 0.3) is 0 Å². The van der Waals surface area contributed by atoms with Crippen molar-refractivity contribution in [2.75, 3.05) is 14.2 Å². The molecule has 0 spiro atoms. The third-order valence-electron chi connectivity index (χ3n) is 3.74. The Hall–Kier alpha value is -2.95. The molecule has 0 atom stereocenters. The van der Waals surface area contributed by atoms with Crippen molar-refractivity contribution in [3.63, 3.8) is 0 Å². The zero-order chi connectivity index (χ0) is 15.3. The first-order chi connectivity index (χ1) is 10.7. The summed E-state index contributed by atoms with van der Waals surface area (Å²) in [6.07, 6.45) is 0. The van der Waals surface area contributed by atoms with Gasteiger partial charge in [0.05, 0.1) is 19.6 Å². The summed E-state index contributed by atoms with van der Waals surface area (Å²) in [5.41, 5.74) is 1.10. The third kappa shape index (κ3) is 1.69. The molecule has 0 N–H and O–H groups in total. The first-order valence-corrected chi connectivity index (χ1v) is 6.72. The van der Waals surface area contributed by atoms with Gasteiger partial charge >= 0.3 is 5.63 Å². The van der Waals surface area contributed by atoms with E-state index in [0.29, 0.717) is 39.0 Å². The lowest BCUT2D eigenvalue weighted by Crippen LogP contribution is -1.98. The summed E-state index contributed by atoms with van der Waals surface area (Å²) in [4.78, 5) is 12.3. The maximum atomic E-state index is 12.3. The lowest BCUT2D eigenvalue weighted by atomic mass is 10.1. The fourth-order valence-electron chi connectivity index (χ4n) is 2.65. The predicted octanol–water partition coefficient (Wildman–Crippen LogP) is 3.71. The van der Waals surface area contributed by atoms with E-state index in [9.17, 15) is 4.79 Å². The molecule has 4 aromatic rings. The molecule has 0 radical (unpaired) electrons. The molecular weight excluding hydrogens is 284 g/mol. The average molecular weight is 296 g/mol. The highest BCUT2D eigenvalue weighted by Gasteiger charge is 2.16. The zero-order valence-electron chi connectivity index (χ0n) is 12.0. The summed E-state index contributed by atoms with van der Waals surface area (Å²) in [5.74, 6) is 1.29. The van der Waals surface area contributed by atoms with E-state index < -0.39 is 5.63 Å². The first kappa shape index (κ1) is 12.8. The van der Waals surface area contributed by atoms with Gasteiger partial charge in [-0.15, -0.1) is 0 Å². The van der Waals surface area contributed by atoms with E-state index in [1.54, 1.807) is 44.6 Å². The Morgan fingerprint density at radius 1 is 0.818 bits per heavy atom. The van der Waals surface area contributed by atoms with E-state index in [2.05, 4.69) is 0 Å². The highest BCUT2D eigenvalue weighted by atomic mass is 16.5. The Labute approximate surface area is 124 Å². The van der Waals surface area contributed by atoms with E-state index in [0.717, 1.165) is 5.39 Å². The lowest BCUT2D eigenvalue weighted by molar-refractivity contribution is 0.414. The topological polar surface area (TPSA) is 61.8 Å². The fraction of sp³-hybridized carbons (Fsp3) is 0.118. The number of fused-ring (bicyclic) bond motifs is 5. The van der Waals surface area contributed by atoms with Gasteiger partial charge in [-0.2, -0.15) is 0 Å². The van der Waals surface area contributed by atoms with Crippen LogP contribution in [0.2, 0.25) is 0 Å². The normalized spacial score (nSPS) is 11.4. The lowest BCUT2D eigenvalue weighted by Gasteiger charge is -2.01. The molecule has 2 aromatic carbocycles. The number of furan rings is 1. The Bertz CT molecular complexity index is 1070. The molecule has 0 bridgehead atoms. The molecule has 0 aliphatic rings. The van der Waals surface area contributed by atoms with Gasteiger partial charge in [0.2, 0.25) is 0 Å². The van der Waals surface area contributed by atoms with Crippen LogP contribution in [0, 0.1) is 0 Å². The van der Waals surface area contributed by atoms with Crippen molar-refractivity contribution >= 4 is 32.9 Å². The van der Waals surface area contributed by atoms with Gasteiger partial charge in [0.1, 0.15) is 28.1 Å². The van der Waals surface area contributed by atoms with Crippen molar-refractivity contribution in [2.24, 2.45) is 0 Å². The van der Waals surface area contributed by atoms with Crippen LogP contribution in [-0.2, 0) is 0 Å². The maximum Gasteiger partial charge on any atom is 0.348 e. The summed E-state index contributed by atoms with van der Waals surface area (Å²) >= 11 is 0. The van der Waals surface area contributed by atoms with Gasteiger partial charge in [-0.25, -0.2) is 4.79 Å². The minimum Gasteiger partial charge on any atom is -0.497 e. The van der Waals surface area contributed by atoms with Gasteiger partial charge in [0, 0.05) is 17.5 Å². The van der Waals surface area contributed by atoms with Gasteiger partial charge in [0.15, 0.2) is 5.58 Å². The largest absolute Gasteiger partial charge is 0.497 e. The molecule has 2 heterocycles. The van der Waals surface area contributed by atoms with Crippen molar-refractivity contribution in [3.05, 3.63) is 46.8 Å². The second kappa shape index (κ2) is 4.53. The third-order valence-corrected chi connectivity index (χ3v) is 3.74. The molecule has 4 rings (SSSR count). The van der Waals surface area contributed by atoms with Crippen molar-refractivity contribution in [2.45, 2.75) is 0 Å². The smallest absolute Gasteiger partial charge is 0.348 e. The Morgan fingerprint density at radius 2 is 1.41 bits per heavy atom. The van der Waals surface area contributed by atoms with Gasteiger partial charge in [-0.05, 0) is 24.3 Å². The Morgan fingerprint density at radius 3 is 2.05 bits per heavy atom. The molecule has 0 saturated carbocycles. The molecule has 0 aliphatic carbocycles. The molecule has 22 heavy (non-hydrogen) atoms. The predicted molar refractivity (Wildman–Crippen MR) is 82.9 cm³/mol. The van der Waals surface area contributed by atoms with Crippen LogP contribution < -0.4 is 15.1 Å². The molecule has 5 heteroatoms. The van der Waals surface area contributed by atoms with Gasteiger partial charge in [-0.1, -0.05) is 0 Å². The fourth-order valence-corrected chi connectivity index (χ4v) is 2.65. The molecular formula is C17H12O5. The Balaban J connectivity index is 2.18. The molecule has 0 fully saturated rings. The molecule has 0 amide bonds. The van der Waals surface area contributed by atoms with E-state index in [1.165, 1.54) is 0 Å². The van der Waals surface area contributed by atoms with Crippen molar-refractivity contribution in [3.8, 4) is 11.5 Å². The maximum absolute atomic E-state index is 12.3. The van der Waals surface area contributed by atoms with Crippen LogP contribution in [-0.4, -0.2) is 14.2 Å². The summed E-state index contributed by atoms with van der Waals surface area (Å²) in [6, 6.07) is 10.6. The number of rotatable bonds is 2. The molecule has 0 aliphatic heterocycles. The highest BCUT2D eigenvalue weighted by Crippen LogP contribution is 2.34. The molecule has 5 nitrogen and oxygen atoms in total. The minimum atomic E-state index is -0.431. The quantitative estimate of drug-likeness (QED) is 0.528. The van der Waals surface area contributed by atoms with E-state index >= 15 is 0 Å². The van der Waals surface area contributed by atoms with Crippen molar-refractivity contribution < 1.29 is 18.3 Å². The number of methoxy groups -OCH3 is 2. The number of benzene rings is 2. The van der Waals surface area contributed by atoms with Crippen molar-refractivity contribution in [1.29, 1.82) is 0 Å². The van der Waals surface area contributed by atoms with Crippen LogP contribution in [0.4, 0.5) is 0 Å². The van der Waals surface area contributed by atoms with Crippen LogP contribution >= 0.6 is 0 Å². The number of hydrogen-bond donors (Lipinski definition) is 0. The van der Waals surface area contributed by atoms with E-state index in [-0.39, 0.29) is 0 Å². The monoisotopic (exact) mass is 296 g/mol. The van der Waals surface area contributed by atoms with Crippen LogP contribution in [0.5, 0.6) is 11.5 Å². The highest BCUT2D eigenvalue weighted by molar-refractivity contribution is 6.13. The van der Waals surface area contributed by atoms with Crippen molar-refractivity contribution in [1.82, 2.24) is 0 Å². The second-order valence-electron chi connectivity index (χ2n) is 4.92. The summed E-state index contributed by atoms with van der Waals surface area (Å²) in [7, 11) is 3.14. The molecule has 0 unspecified atom stereocenters. The number of hydrogen-bond acceptors (Lipinski definition) is 5. The summed E-state index contributed by atoms with van der Waals surface area (Å²) in [6.45, 7) is 0. The van der Waals surface area contributed by atoms with Gasteiger partial charge < -0.3 is 18.3 Å². The zero-order valence-corrected chi connectivity index (χ0v) is 12.0. The SMILES string of the molecule is COc1ccc2c(c1)oc(=O)c1c3ccc(OC)cc3oc21.